The van der Waals surface area contributed by atoms with Gasteiger partial charge in [0, 0.05) is 11.4 Å². The highest BCUT2D eigenvalue weighted by Gasteiger charge is 2.33. The summed E-state index contributed by atoms with van der Waals surface area (Å²) in [5.74, 6) is -0.0527. The van der Waals surface area contributed by atoms with E-state index in [4.69, 9.17) is 0 Å². The molecule has 1 aliphatic heterocycles. The number of carbonyl (C=O) groups is 2. The van der Waals surface area contributed by atoms with Crippen LogP contribution in [0.5, 0.6) is 0 Å². The molecule has 1 aromatic carbocycles. The molecular weight excluding hydrogens is 276 g/mol. The van der Waals surface area contributed by atoms with Gasteiger partial charge in [-0.1, -0.05) is 25.5 Å². The predicted octanol–water partition coefficient (Wildman–Crippen LogP) is 2.14. The number of rotatable bonds is 6. The van der Waals surface area contributed by atoms with Crippen LogP contribution in [0.4, 0.5) is 5.69 Å². The molecule has 0 aliphatic carbocycles. The van der Waals surface area contributed by atoms with E-state index in [1.54, 1.807) is 4.90 Å². The number of unbranched alkanes of at least 4 members (excludes halogenated alkanes) is 1. The topological polar surface area (TPSA) is 60.9 Å². The maximum Gasteiger partial charge on any atom is 0.242 e. The van der Waals surface area contributed by atoms with Gasteiger partial charge in [0.15, 0.2) is 0 Å². The Kier molecular flexibility index (Phi) is 5.03. The lowest BCUT2D eigenvalue weighted by Crippen LogP contribution is -2.45. The fourth-order valence-electron chi connectivity index (χ4n) is 2.15. The maximum atomic E-state index is 12.5. The zero-order chi connectivity index (χ0) is 14.5. The summed E-state index contributed by atoms with van der Waals surface area (Å²) in [7, 11) is 0. The summed E-state index contributed by atoms with van der Waals surface area (Å²) in [6, 6.07) is 7.73. The minimum Gasteiger partial charge on any atom is -0.310 e. The molecule has 5 nitrogen and oxygen atoms in total. The Bertz CT molecular complexity index is 495. The Labute approximate surface area is 122 Å². The highest BCUT2D eigenvalue weighted by atomic mass is 32.2. The molecule has 0 bridgehead atoms. The third-order valence-corrected chi connectivity index (χ3v) is 4.41. The van der Waals surface area contributed by atoms with Gasteiger partial charge in [-0.2, -0.15) is 0 Å². The van der Waals surface area contributed by atoms with Crippen LogP contribution >= 0.6 is 11.8 Å². The first-order valence-electron chi connectivity index (χ1n) is 6.65. The molecule has 0 saturated heterocycles. The molecular formula is C14H18N2O3S. The molecule has 0 spiro atoms. The third-order valence-electron chi connectivity index (χ3n) is 3.18. The van der Waals surface area contributed by atoms with Crippen LogP contribution in [-0.2, 0) is 9.59 Å². The summed E-state index contributed by atoms with van der Waals surface area (Å²) in [5.41, 5.74) is 0.919. The summed E-state index contributed by atoms with van der Waals surface area (Å²) in [6.07, 6.45) is 2.25. The fraction of sp³-hybridized carbons (Fsp3) is 0.429. The molecule has 1 atom stereocenters. The number of hydrogen-bond acceptors (Lipinski definition) is 4. The monoisotopic (exact) mass is 294 g/mol. The summed E-state index contributed by atoms with van der Waals surface area (Å²) in [6.45, 7) is 2.74. The molecule has 1 unspecified atom stereocenters. The van der Waals surface area contributed by atoms with E-state index >= 15 is 0 Å². The summed E-state index contributed by atoms with van der Waals surface area (Å²) in [4.78, 5) is 25.8. The first kappa shape index (κ1) is 14.9. The van der Waals surface area contributed by atoms with Crippen molar-refractivity contribution < 1.29 is 14.8 Å². The lowest BCUT2D eigenvalue weighted by atomic mass is 10.2. The molecule has 2 rings (SSSR count). The molecule has 0 fully saturated rings. The summed E-state index contributed by atoms with van der Waals surface area (Å²) in [5, 5.41) is 9.39. The number of para-hydroxylation sites is 1. The van der Waals surface area contributed by atoms with E-state index in [0.29, 0.717) is 18.0 Å². The molecule has 6 heteroatoms. The van der Waals surface area contributed by atoms with Crippen LogP contribution in [0.2, 0.25) is 0 Å². The van der Waals surface area contributed by atoms with Gasteiger partial charge in [0.05, 0.1) is 12.2 Å². The van der Waals surface area contributed by atoms with Crippen molar-refractivity contribution in [1.82, 2.24) is 5.06 Å². The molecule has 108 valence electrons. The van der Waals surface area contributed by atoms with Gasteiger partial charge >= 0.3 is 0 Å². The molecule has 2 amide bonds. The van der Waals surface area contributed by atoms with Crippen molar-refractivity contribution in [2.24, 2.45) is 0 Å². The first-order valence-corrected chi connectivity index (χ1v) is 7.53. The van der Waals surface area contributed by atoms with Crippen LogP contribution in [0.1, 0.15) is 19.8 Å². The minimum atomic E-state index is -0.461. The molecule has 20 heavy (non-hydrogen) atoms. The quantitative estimate of drug-likeness (QED) is 0.496. The standard InChI is InChI=1S/C14H18N2O3S/c1-2-3-8-16-11-6-4-5-7-12(11)20-13(14(16)18)9-15(19)10-17/h4-7,10,13,19H,2-3,8-9H2,1H3. The van der Waals surface area contributed by atoms with Crippen LogP contribution in [-0.4, -0.2) is 40.9 Å². The van der Waals surface area contributed by atoms with Crippen LogP contribution in [0.15, 0.2) is 29.2 Å². The SMILES string of the molecule is CCCCN1C(=O)C(CN(O)C=O)Sc2ccccc21. The average Bonchev–Trinajstić information content (AvgIpc) is 2.47. The fourth-order valence-corrected chi connectivity index (χ4v) is 3.37. The van der Waals surface area contributed by atoms with Gasteiger partial charge in [0.25, 0.3) is 0 Å². The van der Waals surface area contributed by atoms with E-state index < -0.39 is 5.25 Å². The lowest BCUT2D eigenvalue weighted by Gasteiger charge is -2.34. The maximum absolute atomic E-state index is 12.5. The minimum absolute atomic E-state index is 0.00393. The van der Waals surface area contributed by atoms with Crippen molar-refractivity contribution in [3.05, 3.63) is 24.3 Å². The van der Waals surface area contributed by atoms with Gasteiger partial charge in [0.2, 0.25) is 12.3 Å². The van der Waals surface area contributed by atoms with Gasteiger partial charge < -0.3 is 4.90 Å². The third kappa shape index (κ3) is 3.13. The van der Waals surface area contributed by atoms with Gasteiger partial charge in [0.1, 0.15) is 5.25 Å². The molecule has 1 aliphatic rings. The van der Waals surface area contributed by atoms with Crippen molar-refractivity contribution in [2.45, 2.75) is 29.9 Å². The molecule has 1 heterocycles. The zero-order valence-electron chi connectivity index (χ0n) is 11.4. The zero-order valence-corrected chi connectivity index (χ0v) is 12.2. The van der Waals surface area contributed by atoms with E-state index in [9.17, 15) is 14.8 Å². The van der Waals surface area contributed by atoms with Crippen LogP contribution in [0.25, 0.3) is 0 Å². The lowest BCUT2D eigenvalue weighted by molar-refractivity contribution is -0.150. The Morgan fingerprint density at radius 3 is 2.90 bits per heavy atom. The van der Waals surface area contributed by atoms with E-state index in [1.807, 2.05) is 24.3 Å². The first-order chi connectivity index (χ1) is 9.67. The van der Waals surface area contributed by atoms with E-state index in [1.165, 1.54) is 11.8 Å². The number of anilines is 1. The second kappa shape index (κ2) is 6.76. The highest BCUT2D eigenvalue weighted by molar-refractivity contribution is 8.01. The van der Waals surface area contributed by atoms with Crippen molar-refractivity contribution in [1.29, 1.82) is 0 Å². The Hall–Kier alpha value is -1.53. The van der Waals surface area contributed by atoms with E-state index in [0.717, 1.165) is 23.4 Å². The van der Waals surface area contributed by atoms with Crippen LogP contribution in [0.3, 0.4) is 0 Å². The molecule has 0 saturated carbocycles. The van der Waals surface area contributed by atoms with E-state index in [2.05, 4.69) is 6.92 Å². The van der Waals surface area contributed by atoms with Crippen molar-refractivity contribution in [2.75, 3.05) is 18.0 Å². The molecule has 1 N–H and O–H groups in total. The number of fused-ring (bicyclic) bond motifs is 1. The second-order valence-electron chi connectivity index (χ2n) is 4.65. The van der Waals surface area contributed by atoms with Gasteiger partial charge in [-0.3, -0.25) is 14.8 Å². The number of nitrogens with zero attached hydrogens (tertiary/aromatic N) is 2. The summed E-state index contributed by atoms with van der Waals surface area (Å²) >= 11 is 1.39. The average molecular weight is 294 g/mol. The molecule has 0 aromatic heterocycles. The number of carbonyl (C=O) groups excluding carboxylic acids is 2. The highest BCUT2D eigenvalue weighted by Crippen LogP contribution is 2.39. The largest absolute Gasteiger partial charge is 0.310 e. The Balaban J connectivity index is 2.25. The van der Waals surface area contributed by atoms with Gasteiger partial charge in [-0.15, -0.1) is 11.8 Å². The Morgan fingerprint density at radius 1 is 1.45 bits per heavy atom. The van der Waals surface area contributed by atoms with E-state index in [-0.39, 0.29) is 12.5 Å². The van der Waals surface area contributed by atoms with Gasteiger partial charge in [-0.25, -0.2) is 5.06 Å². The number of benzene rings is 1. The predicted molar refractivity (Wildman–Crippen MR) is 77.9 cm³/mol. The number of thioether (sulfide) groups is 1. The normalized spacial score (nSPS) is 17.8. The van der Waals surface area contributed by atoms with Crippen molar-refractivity contribution in [3.8, 4) is 0 Å². The second-order valence-corrected chi connectivity index (χ2v) is 5.89. The smallest absolute Gasteiger partial charge is 0.242 e. The Morgan fingerprint density at radius 2 is 2.20 bits per heavy atom. The molecule has 0 radical (unpaired) electrons. The van der Waals surface area contributed by atoms with Crippen LogP contribution < -0.4 is 4.90 Å². The van der Waals surface area contributed by atoms with Gasteiger partial charge in [-0.05, 0) is 18.6 Å². The molecule has 1 aromatic rings. The number of hydroxylamine groups is 2. The summed E-state index contributed by atoms with van der Waals surface area (Å²) < 4.78 is 0. The van der Waals surface area contributed by atoms with Crippen molar-refractivity contribution >= 4 is 29.8 Å². The van der Waals surface area contributed by atoms with Crippen LogP contribution in [0, 0.1) is 0 Å². The number of hydrogen-bond donors (Lipinski definition) is 1. The van der Waals surface area contributed by atoms with Crippen molar-refractivity contribution in [3.63, 3.8) is 0 Å². The number of amides is 2.